The first-order valence-electron chi connectivity index (χ1n) is 15.6. The lowest BCUT2D eigenvalue weighted by atomic mass is 9.97. The second-order valence-corrected chi connectivity index (χ2v) is 11.4. The highest BCUT2D eigenvalue weighted by Gasteiger charge is 2.20. The van der Waals surface area contributed by atoms with Crippen LogP contribution < -0.4 is 0 Å². The fraction of sp³-hybridized carbons (Fsp3) is 0. The molecular weight excluding hydrogens is 576 g/mol. The van der Waals surface area contributed by atoms with Crippen molar-refractivity contribution in [3.8, 4) is 56.5 Å². The molecule has 0 saturated heterocycles. The Morgan fingerprint density at radius 1 is 0.362 bits per heavy atom. The van der Waals surface area contributed by atoms with Gasteiger partial charge in [-0.1, -0.05) is 146 Å². The van der Waals surface area contributed by atoms with Crippen LogP contribution in [0, 0.1) is 0 Å². The zero-order valence-electron chi connectivity index (χ0n) is 25.2. The number of para-hydroxylation sites is 2. The van der Waals surface area contributed by atoms with E-state index in [1.807, 2.05) is 84.9 Å². The van der Waals surface area contributed by atoms with E-state index in [-0.39, 0.29) is 0 Å². The lowest BCUT2D eigenvalue weighted by Crippen LogP contribution is -2.00. The highest BCUT2D eigenvalue weighted by atomic mass is 16.3. The van der Waals surface area contributed by atoms with E-state index in [4.69, 9.17) is 24.4 Å². The lowest BCUT2D eigenvalue weighted by Gasteiger charge is -2.11. The third-order valence-corrected chi connectivity index (χ3v) is 8.54. The van der Waals surface area contributed by atoms with Crippen LogP contribution in [-0.2, 0) is 0 Å². The van der Waals surface area contributed by atoms with Gasteiger partial charge in [0.15, 0.2) is 17.5 Å². The van der Waals surface area contributed by atoms with Gasteiger partial charge >= 0.3 is 0 Å². The number of fused-ring (bicyclic) bond motifs is 5. The summed E-state index contributed by atoms with van der Waals surface area (Å²) in [4.78, 5) is 20.1. The Hall–Kier alpha value is -6.46. The van der Waals surface area contributed by atoms with Gasteiger partial charge in [0.05, 0.1) is 16.6 Å². The molecule has 9 rings (SSSR count). The van der Waals surface area contributed by atoms with Gasteiger partial charge in [0.25, 0.3) is 0 Å². The quantitative estimate of drug-likeness (QED) is 0.196. The number of benzene rings is 6. The van der Waals surface area contributed by atoms with Crippen molar-refractivity contribution in [2.45, 2.75) is 0 Å². The summed E-state index contributed by atoms with van der Waals surface area (Å²) in [6.45, 7) is 0. The van der Waals surface area contributed by atoms with Crippen LogP contribution in [0.1, 0.15) is 0 Å². The van der Waals surface area contributed by atoms with Gasteiger partial charge in [-0.2, -0.15) is 0 Å². The number of furan rings is 1. The van der Waals surface area contributed by atoms with Crippen molar-refractivity contribution in [2.75, 3.05) is 0 Å². The van der Waals surface area contributed by atoms with Crippen LogP contribution in [0.4, 0.5) is 0 Å². The van der Waals surface area contributed by atoms with E-state index >= 15 is 0 Å². The molecule has 0 radical (unpaired) electrons. The molecule has 0 aliphatic carbocycles. The van der Waals surface area contributed by atoms with E-state index in [1.54, 1.807) is 0 Å². The Morgan fingerprint density at radius 3 is 1.47 bits per heavy atom. The topological polar surface area (TPSA) is 64.7 Å². The molecule has 6 aromatic carbocycles. The maximum atomic E-state index is 6.56. The standard InChI is InChI=1S/C42H26N4O/c1-4-13-27(14-5-1)32-20-12-21-34-38(32)43-37(36-33-19-10-11-22-35(33)47-39(34)36)28-23-25-31(26-24-28)42-45-40(29-15-6-2-7-16-29)44-41(46-42)30-17-8-3-9-18-30/h1-26H. The molecule has 0 N–H and O–H groups in total. The summed E-state index contributed by atoms with van der Waals surface area (Å²) in [5.41, 5.74) is 9.39. The summed E-state index contributed by atoms with van der Waals surface area (Å²) in [5, 5.41) is 3.03. The predicted molar refractivity (Wildman–Crippen MR) is 190 cm³/mol. The minimum atomic E-state index is 0.612. The van der Waals surface area contributed by atoms with Gasteiger partial charge in [0.2, 0.25) is 0 Å². The summed E-state index contributed by atoms with van der Waals surface area (Å²) in [7, 11) is 0. The SMILES string of the molecule is c1ccc(-c2nc(-c3ccccc3)nc(-c3ccc(-c4nc5c(-c6ccccc6)cccc5c5oc6ccccc6c45)cc3)n2)cc1. The van der Waals surface area contributed by atoms with Crippen molar-refractivity contribution in [1.29, 1.82) is 0 Å². The van der Waals surface area contributed by atoms with Gasteiger partial charge < -0.3 is 4.42 Å². The monoisotopic (exact) mass is 602 g/mol. The minimum Gasteiger partial charge on any atom is -0.455 e. The van der Waals surface area contributed by atoms with E-state index in [0.717, 1.165) is 71.9 Å². The van der Waals surface area contributed by atoms with Crippen LogP contribution in [0.2, 0.25) is 0 Å². The van der Waals surface area contributed by atoms with Gasteiger partial charge in [-0.05, 0) is 17.7 Å². The molecule has 0 amide bonds. The van der Waals surface area contributed by atoms with Crippen molar-refractivity contribution in [3.63, 3.8) is 0 Å². The minimum absolute atomic E-state index is 0.612. The number of pyridine rings is 1. The molecule has 47 heavy (non-hydrogen) atoms. The average molecular weight is 603 g/mol. The molecule has 0 saturated carbocycles. The molecular formula is C42H26N4O. The van der Waals surface area contributed by atoms with E-state index in [2.05, 4.69) is 72.8 Å². The van der Waals surface area contributed by atoms with Crippen LogP contribution in [0.25, 0.3) is 89.4 Å². The Balaban J connectivity index is 1.23. The van der Waals surface area contributed by atoms with Crippen molar-refractivity contribution < 1.29 is 4.42 Å². The molecule has 0 fully saturated rings. The summed E-state index contributed by atoms with van der Waals surface area (Å²) < 4.78 is 6.56. The molecule has 0 spiro atoms. The van der Waals surface area contributed by atoms with E-state index in [1.165, 1.54) is 0 Å². The molecule has 0 bridgehead atoms. The first kappa shape index (κ1) is 26.9. The molecule has 3 heterocycles. The fourth-order valence-electron chi connectivity index (χ4n) is 6.26. The zero-order chi connectivity index (χ0) is 31.2. The van der Waals surface area contributed by atoms with Gasteiger partial charge in [-0.25, -0.2) is 19.9 Å². The van der Waals surface area contributed by atoms with Crippen molar-refractivity contribution in [3.05, 3.63) is 158 Å². The third-order valence-electron chi connectivity index (χ3n) is 8.54. The lowest BCUT2D eigenvalue weighted by molar-refractivity contribution is 0.672. The molecule has 0 aliphatic rings. The van der Waals surface area contributed by atoms with Crippen LogP contribution in [0.5, 0.6) is 0 Å². The van der Waals surface area contributed by atoms with Gasteiger partial charge in [0, 0.05) is 38.6 Å². The highest BCUT2D eigenvalue weighted by Crippen LogP contribution is 2.42. The van der Waals surface area contributed by atoms with Gasteiger partial charge in [-0.15, -0.1) is 0 Å². The second kappa shape index (κ2) is 11.2. The van der Waals surface area contributed by atoms with E-state index in [9.17, 15) is 0 Å². The first-order chi connectivity index (χ1) is 23.3. The highest BCUT2D eigenvalue weighted by molar-refractivity contribution is 6.20. The number of rotatable bonds is 5. The molecule has 0 atom stereocenters. The molecule has 5 heteroatoms. The molecule has 0 aliphatic heterocycles. The number of hydrogen-bond acceptors (Lipinski definition) is 5. The Kier molecular flexibility index (Phi) is 6.39. The summed E-state index contributed by atoms with van der Waals surface area (Å²) in [6.07, 6.45) is 0. The molecule has 220 valence electrons. The normalized spacial score (nSPS) is 11.4. The summed E-state index contributed by atoms with van der Waals surface area (Å²) >= 11 is 0. The van der Waals surface area contributed by atoms with Crippen LogP contribution >= 0.6 is 0 Å². The van der Waals surface area contributed by atoms with Crippen molar-refractivity contribution >= 4 is 32.8 Å². The maximum Gasteiger partial charge on any atom is 0.164 e. The average Bonchev–Trinajstić information content (AvgIpc) is 3.55. The van der Waals surface area contributed by atoms with Gasteiger partial charge in [0.1, 0.15) is 11.2 Å². The first-order valence-corrected chi connectivity index (χ1v) is 15.6. The summed E-state index contributed by atoms with van der Waals surface area (Å²) in [6, 6.07) is 53.3. The van der Waals surface area contributed by atoms with Crippen molar-refractivity contribution in [1.82, 2.24) is 19.9 Å². The molecule has 3 aromatic heterocycles. The Labute approximate surface area is 270 Å². The summed E-state index contributed by atoms with van der Waals surface area (Å²) in [5.74, 6) is 1.88. The number of hydrogen-bond donors (Lipinski definition) is 0. The Bertz CT molecular complexity index is 2490. The largest absolute Gasteiger partial charge is 0.455 e. The second-order valence-electron chi connectivity index (χ2n) is 11.4. The Morgan fingerprint density at radius 2 is 0.851 bits per heavy atom. The van der Waals surface area contributed by atoms with E-state index < -0.39 is 0 Å². The number of aromatic nitrogens is 4. The molecule has 5 nitrogen and oxygen atoms in total. The van der Waals surface area contributed by atoms with Crippen molar-refractivity contribution in [2.24, 2.45) is 0 Å². The fourth-order valence-corrected chi connectivity index (χ4v) is 6.26. The van der Waals surface area contributed by atoms with Gasteiger partial charge in [-0.3, -0.25) is 0 Å². The van der Waals surface area contributed by atoms with Crippen LogP contribution in [-0.4, -0.2) is 19.9 Å². The third kappa shape index (κ3) is 4.73. The smallest absolute Gasteiger partial charge is 0.164 e. The molecule has 0 unspecified atom stereocenters. The van der Waals surface area contributed by atoms with Crippen LogP contribution in [0.3, 0.4) is 0 Å². The van der Waals surface area contributed by atoms with E-state index in [0.29, 0.717) is 17.5 Å². The zero-order valence-corrected chi connectivity index (χ0v) is 25.2. The number of nitrogens with zero attached hydrogens (tertiary/aromatic N) is 4. The predicted octanol–water partition coefficient (Wildman–Crippen LogP) is 10.7. The maximum absolute atomic E-state index is 6.56. The van der Waals surface area contributed by atoms with Crippen LogP contribution in [0.15, 0.2) is 162 Å². The molecule has 9 aromatic rings.